The van der Waals surface area contributed by atoms with Gasteiger partial charge in [-0.1, -0.05) is 36.5 Å². The van der Waals surface area contributed by atoms with Gasteiger partial charge in [0.2, 0.25) is 5.91 Å². The molecular weight excluding hydrogens is 628 g/mol. The van der Waals surface area contributed by atoms with Gasteiger partial charge in [0.1, 0.15) is 0 Å². The van der Waals surface area contributed by atoms with Crippen LogP contribution in [0.2, 0.25) is 10.0 Å². The number of amides is 2. The molecule has 2 fully saturated rings. The average molecular weight is 664 g/mol. The predicted octanol–water partition coefficient (Wildman–Crippen LogP) is 4.96. The minimum atomic E-state index is -4.79. The van der Waals surface area contributed by atoms with Crippen molar-refractivity contribution >= 4 is 44.9 Å². The average Bonchev–Trinajstić information content (AvgIpc) is 2.96. The second kappa shape index (κ2) is 14.2. The third kappa shape index (κ3) is 8.63. The predicted molar refractivity (Wildman–Crippen MR) is 159 cm³/mol. The summed E-state index contributed by atoms with van der Waals surface area (Å²) in [5.74, 6) is -1.12. The van der Waals surface area contributed by atoms with Gasteiger partial charge in [0.25, 0.3) is 5.91 Å². The van der Waals surface area contributed by atoms with E-state index in [2.05, 4.69) is 16.0 Å². The SMILES string of the molecule is CCS(=O)(=O)c1ccc(Cl)cc1CNC(=O)c1cc(Cl)c(CN2CCC[C@H](NC(=O)[C@H]3CCCCN3)C2)c(C(F)(F)F)c1. The normalized spacial score (nSPS) is 20.0. The van der Waals surface area contributed by atoms with Crippen LogP contribution in [0.5, 0.6) is 0 Å². The Morgan fingerprint density at radius 2 is 1.86 bits per heavy atom. The van der Waals surface area contributed by atoms with Gasteiger partial charge in [0, 0.05) is 41.3 Å². The fraction of sp³-hybridized carbons (Fsp3) is 0.517. The molecule has 236 valence electrons. The molecule has 2 heterocycles. The van der Waals surface area contributed by atoms with Crippen molar-refractivity contribution in [3.8, 4) is 0 Å². The molecule has 2 aromatic rings. The van der Waals surface area contributed by atoms with Crippen LogP contribution < -0.4 is 16.0 Å². The van der Waals surface area contributed by atoms with Crippen LogP contribution in [0.1, 0.15) is 66.1 Å². The number of carbonyl (C=O) groups is 2. The molecular formula is C29H35Cl2F3N4O4S. The van der Waals surface area contributed by atoms with Gasteiger partial charge in [-0.2, -0.15) is 13.2 Å². The number of benzene rings is 2. The number of nitrogens with one attached hydrogen (secondary N) is 3. The molecule has 4 rings (SSSR count). The first kappa shape index (κ1) is 33.5. The Morgan fingerprint density at radius 1 is 1.09 bits per heavy atom. The number of alkyl halides is 3. The van der Waals surface area contributed by atoms with E-state index in [0.717, 1.165) is 38.3 Å². The Hall–Kier alpha value is -2.38. The maximum Gasteiger partial charge on any atom is 0.416 e. The molecule has 0 bridgehead atoms. The van der Waals surface area contributed by atoms with Crippen molar-refractivity contribution in [3.63, 3.8) is 0 Å². The van der Waals surface area contributed by atoms with Crippen molar-refractivity contribution in [2.75, 3.05) is 25.4 Å². The van der Waals surface area contributed by atoms with Gasteiger partial charge >= 0.3 is 6.18 Å². The van der Waals surface area contributed by atoms with Crippen LogP contribution in [0.3, 0.4) is 0 Å². The number of hydrogen-bond donors (Lipinski definition) is 3. The van der Waals surface area contributed by atoms with Crippen LogP contribution in [-0.4, -0.2) is 62.6 Å². The van der Waals surface area contributed by atoms with E-state index in [-0.39, 0.29) is 68.5 Å². The van der Waals surface area contributed by atoms with Crippen LogP contribution in [0.15, 0.2) is 35.2 Å². The zero-order valence-corrected chi connectivity index (χ0v) is 26.0. The Balaban J connectivity index is 1.49. The van der Waals surface area contributed by atoms with Gasteiger partial charge in [0.15, 0.2) is 9.84 Å². The summed E-state index contributed by atoms with van der Waals surface area (Å²) in [4.78, 5) is 27.5. The number of piperidine rings is 2. The summed E-state index contributed by atoms with van der Waals surface area (Å²) in [5.41, 5.74) is -1.28. The van der Waals surface area contributed by atoms with E-state index < -0.39 is 27.5 Å². The van der Waals surface area contributed by atoms with E-state index in [1.165, 1.54) is 31.2 Å². The third-order valence-corrected chi connectivity index (χ3v) is 10.2. The summed E-state index contributed by atoms with van der Waals surface area (Å²) >= 11 is 12.4. The molecule has 2 aliphatic rings. The highest BCUT2D eigenvalue weighted by Gasteiger charge is 2.36. The Morgan fingerprint density at radius 3 is 2.53 bits per heavy atom. The fourth-order valence-corrected chi connectivity index (χ4v) is 7.11. The van der Waals surface area contributed by atoms with Crippen molar-refractivity contribution in [2.45, 2.75) is 75.3 Å². The topological polar surface area (TPSA) is 108 Å². The lowest BCUT2D eigenvalue weighted by atomic mass is 9.99. The largest absolute Gasteiger partial charge is 0.416 e. The molecule has 14 heteroatoms. The van der Waals surface area contributed by atoms with Crippen LogP contribution in [0.25, 0.3) is 0 Å². The Kier molecular flexibility index (Phi) is 11.0. The van der Waals surface area contributed by atoms with Crippen molar-refractivity contribution in [1.29, 1.82) is 0 Å². The van der Waals surface area contributed by atoms with E-state index >= 15 is 0 Å². The molecule has 2 amide bonds. The summed E-state index contributed by atoms with van der Waals surface area (Å²) < 4.78 is 67.7. The first-order valence-corrected chi connectivity index (χ1v) is 16.6. The van der Waals surface area contributed by atoms with Crippen molar-refractivity contribution in [2.24, 2.45) is 0 Å². The molecule has 0 spiro atoms. The summed E-state index contributed by atoms with van der Waals surface area (Å²) in [6.07, 6.45) is -0.623. The molecule has 0 aliphatic carbocycles. The highest BCUT2D eigenvalue weighted by atomic mass is 35.5. The number of rotatable bonds is 9. The maximum atomic E-state index is 14.2. The minimum Gasteiger partial charge on any atom is -0.351 e. The Labute approximate surface area is 259 Å². The first-order valence-electron chi connectivity index (χ1n) is 14.2. The van der Waals surface area contributed by atoms with E-state index in [1.807, 2.05) is 4.90 Å². The number of halogens is 5. The van der Waals surface area contributed by atoms with Crippen LogP contribution in [0, 0.1) is 0 Å². The zero-order valence-electron chi connectivity index (χ0n) is 23.7. The molecule has 0 saturated carbocycles. The molecule has 0 radical (unpaired) electrons. The molecule has 2 aromatic carbocycles. The number of hydrogen-bond acceptors (Lipinski definition) is 6. The lowest BCUT2D eigenvalue weighted by molar-refractivity contribution is -0.138. The van der Waals surface area contributed by atoms with Gasteiger partial charge in [0.05, 0.1) is 22.3 Å². The number of carbonyl (C=O) groups excluding carboxylic acids is 2. The van der Waals surface area contributed by atoms with E-state index in [1.54, 1.807) is 0 Å². The molecule has 2 atom stereocenters. The zero-order chi connectivity index (χ0) is 31.4. The van der Waals surface area contributed by atoms with E-state index in [4.69, 9.17) is 23.2 Å². The first-order chi connectivity index (χ1) is 20.3. The molecule has 0 unspecified atom stereocenters. The van der Waals surface area contributed by atoms with Crippen molar-refractivity contribution < 1.29 is 31.2 Å². The van der Waals surface area contributed by atoms with Crippen LogP contribution >= 0.6 is 23.2 Å². The number of sulfone groups is 1. The van der Waals surface area contributed by atoms with Crippen molar-refractivity contribution in [3.05, 3.63) is 62.6 Å². The van der Waals surface area contributed by atoms with Crippen molar-refractivity contribution in [1.82, 2.24) is 20.9 Å². The van der Waals surface area contributed by atoms with Crippen LogP contribution in [-0.2, 0) is 33.9 Å². The standard InChI is InChI=1S/C29H35Cl2F3N4O4S/c1-2-43(41,42)26-9-8-20(30)12-19(26)15-36-27(39)18-13-23(29(32,33)34)22(24(31)14-18)17-38-11-5-6-21(16-38)37-28(40)25-7-3-4-10-35-25/h8-9,12-14,21,25,35H,2-7,10-11,15-17H2,1H3,(H,36,39)(H,37,40)/t21-,25+/m0/s1. The fourth-order valence-electron chi connectivity index (χ4n) is 5.52. The molecule has 43 heavy (non-hydrogen) atoms. The smallest absolute Gasteiger partial charge is 0.351 e. The molecule has 2 aliphatic heterocycles. The monoisotopic (exact) mass is 662 g/mol. The van der Waals surface area contributed by atoms with Gasteiger partial charge in [-0.25, -0.2) is 8.42 Å². The Bertz CT molecular complexity index is 1450. The maximum absolute atomic E-state index is 14.2. The van der Waals surface area contributed by atoms with Gasteiger partial charge in [-0.05, 0) is 80.2 Å². The van der Waals surface area contributed by atoms with E-state index in [9.17, 15) is 31.2 Å². The molecule has 3 N–H and O–H groups in total. The summed E-state index contributed by atoms with van der Waals surface area (Å²) in [6, 6.07) is 5.63. The highest BCUT2D eigenvalue weighted by molar-refractivity contribution is 7.91. The summed E-state index contributed by atoms with van der Waals surface area (Å²) in [7, 11) is -3.64. The van der Waals surface area contributed by atoms with Gasteiger partial charge in [-0.15, -0.1) is 0 Å². The molecule has 0 aromatic heterocycles. The van der Waals surface area contributed by atoms with Gasteiger partial charge in [-0.3, -0.25) is 14.5 Å². The van der Waals surface area contributed by atoms with Gasteiger partial charge < -0.3 is 16.0 Å². The summed E-state index contributed by atoms with van der Waals surface area (Å²) in [5, 5.41) is 8.77. The lowest BCUT2D eigenvalue weighted by Crippen LogP contribution is -2.53. The lowest BCUT2D eigenvalue weighted by Gasteiger charge is -2.35. The number of likely N-dealkylation sites (tertiary alicyclic amines) is 1. The quantitative estimate of drug-likeness (QED) is 0.351. The molecule has 2 saturated heterocycles. The second-order valence-corrected chi connectivity index (χ2v) is 14.0. The second-order valence-electron chi connectivity index (χ2n) is 10.9. The molecule has 8 nitrogen and oxygen atoms in total. The third-order valence-electron chi connectivity index (χ3n) is 7.80. The van der Waals surface area contributed by atoms with E-state index in [0.29, 0.717) is 19.5 Å². The summed E-state index contributed by atoms with van der Waals surface area (Å²) in [6.45, 7) is 2.79. The number of nitrogens with zero attached hydrogens (tertiary/aromatic N) is 1. The van der Waals surface area contributed by atoms with Crippen LogP contribution in [0.4, 0.5) is 13.2 Å². The highest BCUT2D eigenvalue weighted by Crippen LogP contribution is 2.37. The minimum absolute atomic E-state index is 0.0184.